The summed E-state index contributed by atoms with van der Waals surface area (Å²) >= 11 is 5.87. The van der Waals surface area contributed by atoms with E-state index in [0.717, 1.165) is 17.7 Å². The molecule has 7 heteroatoms. The second kappa shape index (κ2) is 7.96. The zero-order valence-corrected chi connectivity index (χ0v) is 14.8. The van der Waals surface area contributed by atoms with Gasteiger partial charge in [-0.3, -0.25) is 0 Å². The number of nitrogens with one attached hydrogen (secondary N) is 1. The molecule has 0 aromatic heterocycles. The third-order valence-corrected chi connectivity index (χ3v) is 4.45. The van der Waals surface area contributed by atoms with Gasteiger partial charge in [0, 0.05) is 11.6 Å². The van der Waals surface area contributed by atoms with Crippen LogP contribution in [0.15, 0.2) is 48.5 Å². The summed E-state index contributed by atoms with van der Waals surface area (Å²) in [4.78, 5) is 0. The second-order valence-corrected chi connectivity index (χ2v) is 6.57. The highest BCUT2D eigenvalue weighted by atomic mass is 35.5. The quantitative estimate of drug-likeness (QED) is 0.792. The van der Waals surface area contributed by atoms with E-state index >= 15 is 0 Å². The average Bonchev–Trinajstić information content (AvgIpc) is 2.61. The van der Waals surface area contributed by atoms with Gasteiger partial charge in [0.1, 0.15) is 0 Å². The Labute approximate surface area is 155 Å². The monoisotopic (exact) mass is 385 g/mol. The van der Waals surface area contributed by atoms with Crippen LogP contribution in [-0.4, -0.2) is 19.4 Å². The van der Waals surface area contributed by atoms with E-state index in [0.29, 0.717) is 18.7 Å². The van der Waals surface area contributed by atoms with Crippen LogP contribution in [0.1, 0.15) is 35.8 Å². The van der Waals surface area contributed by atoms with E-state index in [2.05, 4.69) is 5.32 Å². The van der Waals surface area contributed by atoms with Gasteiger partial charge in [-0.15, -0.1) is 0 Å². The van der Waals surface area contributed by atoms with Crippen molar-refractivity contribution >= 4 is 11.6 Å². The summed E-state index contributed by atoms with van der Waals surface area (Å²) < 4.78 is 50.7. The van der Waals surface area contributed by atoms with Gasteiger partial charge in [-0.05, 0) is 36.2 Å². The fourth-order valence-electron chi connectivity index (χ4n) is 2.93. The first-order valence-electron chi connectivity index (χ1n) is 8.27. The van der Waals surface area contributed by atoms with E-state index in [4.69, 9.17) is 21.1 Å². The first-order valence-corrected chi connectivity index (χ1v) is 8.65. The van der Waals surface area contributed by atoms with Crippen molar-refractivity contribution in [2.45, 2.75) is 31.5 Å². The predicted molar refractivity (Wildman–Crippen MR) is 92.9 cm³/mol. The van der Waals surface area contributed by atoms with Crippen LogP contribution in [0, 0.1) is 0 Å². The molecule has 26 heavy (non-hydrogen) atoms. The molecule has 0 aliphatic carbocycles. The number of rotatable bonds is 4. The van der Waals surface area contributed by atoms with Crippen molar-refractivity contribution < 1.29 is 22.6 Å². The van der Waals surface area contributed by atoms with Gasteiger partial charge in [-0.1, -0.05) is 41.9 Å². The van der Waals surface area contributed by atoms with Crippen LogP contribution in [0.2, 0.25) is 5.02 Å². The standard InChI is InChI=1S/C19H19ClF3NO2/c1-12(14-9-15(19(21,22)23)11-16(20)10-14)26-18-17(24-7-8-25-18)13-5-3-2-4-6-13/h2-6,9-12,17-18,24H,7-8H2,1H3/t12-,17+,18-/m1/s1. The summed E-state index contributed by atoms with van der Waals surface area (Å²) in [6, 6.07) is 12.9. The number of benzene rings is 2. The van der Waals surface area contributed by atoms with Crippen LogP contribution in [0.4, 0.5) is 13.2 Å². The molecule has 3 nitrogen and oxygen atoms in total. The maximum Gasteiger partial charge on any atom is 0.416 e. The molecule has 0 bridgehead atoms. The molecule has 2 aromatic rings. The third kappa shape index (κ3) is 4.57. The highest BCUT2D eigenvalue weighted by Crippen LogP contribution is 2.35. The van der Waals surface area contributed by atoms with E-state index in [1.165, 1.54) is 6.07 Å². The number of hydrogen-bond donors (Lipinski definition) is 1. The molecule has 1 fully saturated rings. The lowest BCUT2D eigenvalue weighted by Gasteiger charge is -2.34. The molecule has 0 unspecified atom stereocenters. The summed E-state index contributed by atoms with van der Waals surface area (Å²) in [6.07, 6.45) is -5.70. The molecule has 1 aliphatic heterocycles. The van der Waals surface area contributed by atoms with Crippen LogP contribution in [0.5, 0.6) is 0 Å². The maximum absolute atomic E-state index is 13.0. The molecule has 1 N–H and O–H groups in total. The Hall–Kier alpha value is -1.60. The number of hydrogen-bond acceptors (Lipinski definition) is 3. The minimum Gasteiger partial charge on any atom is -0.349 e. The van der Waals surface area contributed by atoms with Gasteiger partial charge in [0.2, 0.25) is 0 Å². The van der Waals surface area contributed by atoms with Crippen LogP contribution in [0.25, 0.3) is 0 Å². The second-order valence-electron chi connectivity index (χ2n) is 6.13. The van der Waals surface area contributed by atoms with E-state index in [9.17, 15) is 13.2 Å². The van der Waals surface area contributed by atoms with E-state index in [1.807, 2.05) is 30.3 Å². The molecule has 3 atom stereocenters. The van der Waals surface area contributed by atoms with Gasteiger partial charge < -0.3 is 14.8 Å². The highest BCUT2D eigenvalue weighted by molar-refractivity contribution is 6.30. The van der Waals surface area contributed by atoms with E-state index < -0.39 is 24.1 Å². The Morgan fingerprint density at radius 1 is 1.19 bits per heavy atom. The van der Waals surface area contributed by atoms with Crippen LogP contribution in [0.3, 0.4) is 0 Å². The fraction of sp³-hybridized carbons (Fsp3) is 0.368. The van der Waals surface area contributed by atoms with Crippen molar-refractivity contribution in [3.05, 3.63) is 70.2 Å². The van der Waals surface area contributed by atoms with Crippen molar-refractivity contribution in [1.29, 1.82) is 0 Å². The minimum atomic E-state index is -4.46. The molecule has 3 rings (SSSR count). The third-order valence-electron chi connectivity index (χ3n) is 4.23. The van der Waals surface area contributed by atoms with Crippen molar-refractivity contribution in [2.24, 2.45) is 0 Å². The smallest absolute Gasteiger partial charge is 0.349 e. The molecule has 140 valence electrons. The zero-order valence-electron chi connectivity index (χ0n) is 14.1. The number of halogens is 4. The number of morpholine rings is 1. The van der Waals surface area contributed by atoms with Crippen molar-refractivity contribution in [3.63, 3.8) is 0 Å². The number of ether oxygens (including phenoxy) is 2. The van der Waals surface area contributed by atoms with Gasteiger partial charge >= 0.3 is 6.18 Å². The Morgan fingerprint density at radius 3 is 2.62 bits per heavy atom. The summed E-state index contributed by atoms with van der Waals surface area (Å²) in [5.74, 6) is 0. The SMILES string of the molecule is C[C@@H](O[C@H]1OCCN[C@H]1c1ccccc1)c1cc(Cl)cc(C(F)(F)F)c1. The van der Waals surface area contributed by atoms with Crippen molar-refractivity contribution in [1.82, 2.24) is 5.32 Å². The summed E-state index contributed by atoms with van der Waals surface area (Å²) in [5, 5.41) is 3.35. The number of alkyl halides is 3. The van der Waals surface area contributed by atoms with Crippen molar-refractivity contribution in [2.75, 3.05) is 13.2 Å². The Morgan fingerprint density at radius 2 is 1.92 bits per heavy atom. The van der Waals surface area contributed by atoms with Gasteiger partial charge in [0.25, 0.3) is 0 Å². The lowest BCUT2D eigenvalue weighted by molar-refractivity contribution is -0.200. The maximum atomic E-state index is 13.0. The lowest BCUT2D eigenvalue weighted by atomic mass is 10.0. The first kappa shape index (κ1) is 19.2. The molecule has 0 amide bonds. The molecule has 0 saturated carbocycles. The first-order chi connectivity index (χ1) is 12.3. The van der Waals surface area contributed by atoms with Crippen molar-refractivity contribution in [3.8, 4) is 0 Å². The highest BCUT2D eigenvalue weighted by Gasteiger charge is 2.33. The van der Waals surface area contributed by atoms with Crippen LogP contribution >= 0.6 is 11.6 Å². The van der Waals surface area contributed by atoms with Gasteiger partial charge in [0.15, 0.2) is 6.29 Å². The summed E-state index contributed by atoms with van der Waals surface area (Å²) in [7, 11) is 0. The van der Waals surface area contributed by atoms with E-state index in [-0.39, 0.29) is 11.1 Å². The lowest BCUT2D eigenvalue weighted by Crippen LogP contribution is -2.43. The molecule has 0 radical (unpaired) electrons. The topological polar surface area (TPSA) is 30.5 Å². The minimum absolute atomic E-state index is 0.0209. The molecule has 1 saturated heterocycles. The van der Waals surface area contributed by atoms with Gasteiger partial charge in [-0.25, -0.2) is 0 Å². The Bertz CT molecular complexity index is 739. The molecule has 1 heterocycles. The molecular weight excluding hydrogens is 367 g/mol. The van der Waals surface area contributed by atoms with Gasteiger partial charge in [-0.2, -0.15) is 13.2 Å². The molecule has 1 aliphatic rings. The largest absolute Gasteiger partial charge is 0.416 e. The Kier molecular flexibility index (Phi) is 5.87. The Balaban J connectivity index is 1.80. The van der Waals surface area contributed by atoms with E-state index in [1.54, 1.807) is 6.92 Å². The van der Waals surface area contributed by atoms with Crippen LogP contribution < -0.4 is 5.32 Å². The van der Waals surface area contributed by atoms with Gasteiger partial charge in [0.05, 0.1) is 24.3 Å². The molecule has 0 spiro atoms. The zero-order chi connectivity index (χ0) is 18.7. The average molecular weight is 386 g/mol. The molecular formula is C19H19ClF3NO2. The summed E-state index contributed by atoms with van der Waals surface area (Å²) in [6.45, 7) is 2.82. The fourth-order valence-corrected chi connectivity index (χ4v) is 3.17. The molecule has 2 aromatic carbocycles. The summed E-state index contributed by atoms with van der Waals surface area (Å²) in [5.41, 5.74) is 0.551. The van der Waals surface area contributed by atoms with Crippen LogP contribution in [-0.2, 0) is 15.7 Å². The predicted octanol–water partition coefficient (Wildman–Crippen LogP) is 5.12. The normalized spacial score (nSPS) is 22.2.